The van der Waals surface area contributed by atoms with Crippen LogP contribution in [0.15, 0.2) is 12.1 Å². The van der Waals surface area contributed by atoms with Crippen LogP contribution in [0.4, 0.5) is 10.1 Å². The smallest absolute Gasteiger partial charge is 0.128 e. The van der Waals surface area contributed by atoms with Crippen LogP contribution in [0.25, 0.3) is 0 Å². The summed E-state index contributed by atoms with van der Waals surface area (Å²) in [6.07, 6.45) is 2.22. The molecule has 76 valence electrons. The molecule has 0 saturated heterocycles. The van der Waals surface area contributed by atoms with Crippen LogP contribution < -0.4 is 5.32 Å². The van der Waals surface area contributed by atoms with Gasteiger partial charge in [-0.25, -0.2) is 4.39 Å². The number of anilines is 1. The van der Waals surface area contributed by atoms with Crippen molar-refractivity contribution in [2.75, 3.05) is 11.9 Å². The molecule has 1 heterocycles. The van der Waals surface area contributed by atoms with Gasteiger partial charge in [0.15, 0.2) is 0 Å². The topological polar surface area (TPSA) is 12.0 Å². The van der Waals surface area contributed by atoms with E-state index < -0.39 is 0 Å². The molecule has 0 unspecified atom stereocenters. The molecule has 1 aromatic rings. The largest absolute Gasteiger partial charge is 0.385 e. The molecular formula is C12H16FN. The van der Waals surface area contributed by atoms with Crippen molar-refractivity contribution < 1.29 is 4.39 Å². The van der Waals surface area contributed by atoms with E-state index in [4.69, 9.17) is 0 Å². The first kappa shape index (κ1) is 9.50. The summed E-state index contributed by atoms with van der Waals surface area (Å²) < 4.78 is 13.6. The second kappa shape index (κ2) is 3.60. The zero-order chi connectivity index (χ0) is 10.1. The Hall–Kier alpha value is -1.05. The van der Waals surface area contributed by atoms with Crippen LogP contribution in [0, 0.1) is 5.82 Å². The summed E-state index contributed by atoms with van der Waals surface area (Å²) in [6, 6.07) is 3.66. The van der Waals surface area contributed by atoms with Crippen LogP contribution in [-0.4, -0.2) is 6.54 Å². The molecule has 0 atom stereocenters. The molecule has 1 aromatic carbocycles. The predicted molar refractivity (Wildman–Crippen MR) is 57.3 cm³/mol. The van der Waals surface area contributed by atoms with E-state index in [1.807, 2.05) is 19.9 Å². The molecule has 2 rings (SSSR count). The van der Waals surface area contributed by atoms with Gasteiger partial charge in [-0.1, -0.05) is 19.9 Å². The van der Waals surface area contributed by atoms with Crippen LogP contribution in [0.1, 0.15) is 37.3 Å². The van der Waals surface area contributed by atoms with Crippen LogP contribution in [0.2, 0.25) is 0 Å². The van der Waals surface area contributed by atoms with Gasteiger partial charge >= 0.3 is 0 Å². The summed E-state index contributed by atoms with van der Waals surface area (Å²) in [5, 5.41) is 3.23. The fourth-order valence-corrected chi connectivity index (χ4v) is 1.95. The number of nitrogens with one attached hydrogen (secondary N) is 1. The number of halogens is 1. The lowest BCUT2D eigenvalue weighted by molar-refractivity contribution is 0.596. The highest BCUT2D eigenvalue weighted by molar-refractivity contribution is 5.55. The summed E-state index contributed by atoms with van der Waals surface area (Å²) in [6.45, 7) is 5.02. The zero-order valence-corrected chi connectivity index (χ0v) is 8.73. The van der Waals surface area contributed by atoms with Crippen LogP contribution in [0.3, 0.4) is 0 Å². The van der Waals surface area contributed by atoms with E-state index in [0.29, 0.717) is 0 Å². The summed E-state index contributed by atoms with van der Waals surface area (Å²) in [7, 11) is 0. The molecule has 0 spiro atoms. The number of benzene rings is 1. The average molecular weight is 193 g/mol. The minimum Gasteiger partial charge on any atom is -0.385 e. The quantitative estimate of drug-likeness (QED) is 0.721. The SMILES string of the molecule is CC(C)c1cc2c(cc1F)NCCC2. The summed E-state index contributed by atoms with van der Waals surface area (Å²) in [5.41, 5.74) is 3.09. The van der Waals surface area contributed by atoms with Crippen LogP contribution in [-0.2, 0) is 6.42 Å². The first-order valence-electron chi connectivity index (χ1n) is 5.24. The van der Waals surface area contributed by atoms with Crippen molar-refractivity contribution >= 4 is 5.69 Å². The Morgan fingerprint density at radius 2 is 2.14 bits per heavy atom. The molecule has 0 aromatic heterocycles. The van der Waals surface area contributed by atoms with Crippen molar-refractivity contribution in [1.82, 2.24) is 0 Å². The Bertz CT molecular complexity index is 344. The highest BCUT2D eigenvalue weighted by atomic mass is 19.1. The average Bonchev–Trinajstić information content (AvgIpc) is 2.16. The highest BCUT2D eigenvalue weighted by Gasteiger charge is 2.14. The normalized spacial score (nSPS) is 15.1. The summed E-state index contributed by atoms with van der Waals surface area (Å²) in [5.74, 6) is 0.190. The van der Waals surface area contributed by atoms with E-state index in [-0.39, 0.29) is 11.7 Å². The maximum absolute atomic E-state index is 13.6. The molecule has 1 aliphatic heterocycles. The Labute approximate surface area is 84.3 Å². The van der Waals surface area contributed by atoms with Gasteiger partial charge in [-0.05, 0) is 36.0 Å². The van der Waals surface area contributed by atoms with Gasteiger partial charge in [0, 0.05) is 12.2 Å². The molecule has 0 bridgehead atoms. The van der Waals surface area contributed by atoms with Crippen molar-refractivity contribution in [3.63, 3.8) is 0 Å². The standard InChI is InChI=1S/C12H16FN/c1-8(2)10-6-9-4-3-5-14-12(9)7-11(10)13/h6-8,14H,3-5H2,1-2H3. The maximum atomic E-state index is 13.6. The van der Waals surface area contributed by atoms with Crippen molar-refractivity contribution in [2.45, 2.75) is 32.6 Å². The van der Waals surface area contributed by atoms with Crippen LogP contribution >= 0.6 is 0 Å². The number of rotatable bonds is 1. The third-order valence-corrected chi connectivity index (χ3v) is 2.78. The Morgan fingerprint density at radius 3 is 2.86 bits per heavy atom. The minimum absolute atomic E-state index is 0.0758. The van der Waals surface area contributed by atoms with Crippen molar-refractivity contribution in [2.24, 2.45) is 0 Å². The third-order valence-electron chi connectivity index (χ3n) is 2.78. The van der Waals surface area contributed by atoms with E-state index in [9.17, 15) is 4.39 Å². The molecule has 1 aliphatic rings. The molecule has 1 nitrogen and oxygen atoms in total. The Kier molecular flexibility index (Phi) is 2.44. The van der Waals surface area contributed by atoms with E-state index in [1.165, 1.54) is 5.56 Å². The molecule has 0 amide bonds. The monoisotopic (exact) mass is 193 g/mol. The molecular weight excluding hydrogens is 177 g/mol. The fourth-order valence-electron chi connectivity index (χ4n) is 1.95. The number of hydrogen-bond acceptors (Lipinski definition) is 1. The molecule has 0 fully saturated rings. The zero-order valence-electron chi connectivity index (χ0n) is 8.73. The van der Waals surface area contributed by atoms with Crippen molar-refractivity contribution in [3.8, 4) is 0 Å². The molecule has 2 heteroatoms. The van der Waals surface area contributed by atoms with Gasteiger partial charge in [-0.2, -0.15) is 0 Å². The molecule has 1 N–H and O–H groups in total. The van der Waals surface area contributed by atoms with Gasteiger partial charge in [0.05, 0.1) is 0 Å². The van der Waals surface area contributed by atoms with Gasteiger partial charge in [-0.3, -0.25) is 0 Å². The van der Waals surface area contributed by atoms with Crippen molar-refractivity contribution in [3.05, 3.63) is 29.1 Å². The molecule has 0 saturated carbocycles. The van der Waals surface area contributed by atoms with Crippen molar-refractivity contribution in [1.29, 1.82) is 0 Å². The van der Waals surface area contributed by atoms with Gasteiger partial charge in [0.25, 0.3) is 0 Å². The van der Waals surface area contributed by atoms with E-state index in [1.54, 1.807) is 6.07 Å². The van der Waals surface area contributed by atoms with E-state index in [0.717, 1.165) is 30.6 Å². The third kappa shape index (κ3) is 1.61. The molecule has 0 aliphatic carbocycles. The fraction of sp³-hybridized carbons (Fsp3) is 0.500. The molecule has 14 heavy (non-hydrogen) atoms. The Morgan fingerprint density at radius 1 is 1.36 bits per heavy atom. The van der Waals surface area contributed by atoms with Gasteiger partial charge in [0.2, 0.25) is 0 Å². The maximum Gasteiger partial charge on any atom is 0.128 e. The molecule has 0 radical (unpaired) electrons. The first-order chi connectivity index (χ1) is 6.68. The highest BCUT2D eigenvalue weighted by Crippen LogP contribution is 2.28. The lowest BCUT2D eigenvalue weighted by Gasteiger charge is -2.20. The second-order valence-corrected chi connectivity index (χ2v) is 4.22. The number of aryl methyl sites for hydroxylation is 1. The van der Waals surface area contributed by atoms with Crippen LogP contribution in [0.5, 0.6) is 0 Å². The first-order valence-corrected chi connectivity index (χ1v) is 5.24. The summed E-state index contributed by atoms with van der Waals surface area (Å²) in [4.78, 5) is 0. The predicted octanol–water partition coefficient (Wildman–Crippen LogP) is 3.31. The second-order valence-electron chi connectivity index (χ2n) is 4.22. The minimum atomic E-state index is -0.0758. The van der Waals surface area contributed by atoms with Gasteiger partial charge < -0.3 is 5.32 Å². The van der Waals surface area contributed by atoms with E-state index >= 15 is 0 Å². The van der Waals surface area contributed by atoms with E-state index in [2.05, 4.69) is 5.32 Å². The van der Waals surface area contributed by atoms with Gasteiger partial charge in [0.1, 0.15) is 5.82 Å². The number of fused-ring (bicyclic) bond motifs is 1. The van der Waals surface area contributed by atoms with Gasteiger partial charge in [-0.15, -0.1) is 0 Å². The summed E-state index contributed by atoms with van der Waals surface area (Å²) >= 11 is 0. The number of hydrogen-bond donors (Lipinski definition) is 1. The Balaban J connectivity index is 2.45. The lowest BCUT2D eigenvalue weighted by atomic mass is 9.95. The lowest BCUT2D eigenvalue weighted by Crippen LogP contribution is -2.13.